The number of ether oxygens (including phenoxy) is 1. The van der Waals surface area contributed by atoms with Gasteiger partial charge in [0.2, 0.25) is 0 Å². The van der Waals surface area contributed by atoms with Gasteiger partial charge in [0.1, 0.15) is 0 Å². The van der Waals surface area contributed by atoms with Gasteiger partial charge in [0, 0.05) is 5.41 Å². The molecule has 0 atom stereocenters. The van der Waals surface area contributed by atoms with Crippen LogP contribution in [0.25, 0.3) is 0 Å². The maximum absolute atomic E-state index is 5.30. The van der Waals surface area contributed by atoms with Gasteiger partial charge < -0.3 is 9.64 Å². The summed E-state index contributed by atoms with van der Waals surface area (Å²) in [6.07, 6.45) is 3.83. The number of hydrogen-bond donors (Lipinski definition) is 0. The van der Waals surface area contributed by atoms with E-state index in [0.717, 1.165) is 13.2 Å². The van der Waals surface area contributed by atoms with Crippen molar-refractivity contribution in [3.05, 3.63) is 0 Å². The van der Waals surface area contributed by atoms with Crippen molar-refractivity contribution in [2.75, 3.05) is 33.4 Å². The van der Waals surface area contributed by atoms with E-state index in [1.165, 1.54) is 32.4 Å². The number of nitrogens with zero attached hydrogens (tertiary/aromatic N) is 1. The fraction of sp³-hybridized carbons (Fsp3) is 1.00. The van der Waals surface area contributed by atoms with Crippen LogP contribution in [-0.2, 0) is 4.74 Å². The van der Waals surface area contributed by atoms with Crippen LogP contribution >= 0.6 is 0 Å². The second-order valence-electron chi connectivity index (χ2n) is 4.40. The normalized spacial score (nSPS) is 20.3. The quantitative estimate of drug-likeness (QED) is 0.628. The zero-order valence-electron chi connectivity index (χ0n) is 9.31. The Morgan fingerprint density at radius 2 is 1.92 bits per heavy atom. The van der Waals surface area contributed by atoms with E-state index in [1.54, 1.807) is 0 Å². The Hall–Kier alpha value is -0.0800. The topological polar surface area (TPSA) is 12.5 Å². The van der Waals surface area contributed by atoms with Gasteiger partial charge in [0.05, 0.1) is 13.2 Å². The van der Waals surface area contributed by atoms with Crippen LogP contribution in [0.5, 0.6) is 0 Å². The average Bonchev–Trinajstić information content (AvgIpc) is 2.04. The third-order valence-electron chi connectivity index (χ3n) is 3.20. The van der Waals surface area contributed by atoms with E-state index in [1.807, 2.05) is 0 Å². The molecule has 78 valence electrons. The summed E-state index contributed by atoms with van der Waals surface area (Å²) in [5.74, 6) is 0. The Morgan fingerprint density at radius 1 is 1.23 bits per heavy atom. The van der Waals surface area contributed by atoms with Crippen LogP contribution in [0.3, 0.4) is 0 Å². The van der Waals surface area contributed by atoms with Gasteiger partial charge in [-0.2, -0.15) is 0 Å². The number of rotatable bonds is 6. The molecule has 0 N–H and O–H groups in total. The van der Waals surface area contributed by atoms with Crippen LogP contribution in [0.4, 0.5) is 0 Å². The molecule has 0 aromatic rings. The van der Waals surface area contributed by atoms with Crippen molar-refractivity contribution in [3.8, 4) is 0 Å². The lowest BCUT2D eigenvalue weighted by Crippen LogP contribution is -2.44. The minimum absolute atomic E-state index is 0.530. The van der Waals surface area contributed by atoms with Crippen LogP contribution in [0.2, 0.25) is 0 Å². The summed E-state index contributed by atoms with van der Waals surface area (Å²) in [5.41, 5.74) is 0.530. The van der Waals surface area contributed by atoms with Gasteiger partial charge in [-0.05, 0) is 39.4 Å². The average molecular weight is 185 g/mol. The minimum Gasteiger partial charge on any atom is -0.380 e. The van der Waals surface area contributed by atoms with Crippen LogP contribution < -0.4 is 0 Å². The molecule has 0 aromatic heterocycles. The van der Waals surface area contributed by atoms with E-state index in [4.69, 9.17) is 4.74 Å². The molecule has 13 heavy (non-hydrogen) atoms. The molecule has 0 aliphatic carbocycles. The van der Waals surface area contributed by atoms with Gasteiger partial charge >= 0.3 is 0 Å². The molecule has 1 rings (SSSR count). The van der Waals surface area contributed by atoms with Gasteiger partial charge in [-0.15, -0.1) is 0 Å². The molecule has 1 aliphatic rings. The highest BCUT2D eigenvalue weighted by Gasteiger charge is 2.36. The van der Waals surface area contributed by atoms with E-state index in [0.29, 0.717) is 5.41 Å². The summed E-state index contributed by atoms with van der Waals surface area (Å²) in [6, 6.07) is 0. The fourth-order valence-corrected chi connectivity index (χ4v) is 1.84. The highest BCUT2D eigenvalue weighted by molar-refractivity contribution is 4.84. The first-order valence-corrected chi connectivity index (χ1v) is 5.49. The predicted octanol–water partition coefficient (Wildman–Crippen LogP) is 2.14. The van der Waals surface area contributed by atoms with E-state index in [2.05, 4.69) is 25.8 Å². The van der Waals surface area contributed by atoms with E-state index in [9.17, 15) is 0 Å². The van der Waals surface area contributed by atoms with Gasteiger partial charge in [0.15, 0.2) is 0 Å². The van der Waals surface area contributed by atoms with Crippen molar-refractivity contribution in [3.63, 3.8) is 0 Å². The SMILES string of the molecule is CCCN(C)CCC1(CC)COC1. The van der Waals surface area contributed by atoms with Crippen molar-refractivity contribution in [1.82, 2.24) is 4.90 Å². The lowest BCUT2D eigenvalue weighted by atomic mass is 9.80. The van der Waals surface area contributed by atoms with Crippen molar-refractivity contribution in [1.29, 1.82) is 0 Å². The molecule has 1 fully saturated rings. The second kappa shape index (κ2) is 4.97. The third kappa shape index (κ3) is 2.96. The molecule has 0 radical (unpaired) electrons. The number of hydrogen-bond acceptors (Lipinski definition) is 2. The third-order valence-corrected chi connectivity index (χ3v) is 3.20. The molecule has 1 heterocycles. The first-order chi connectivity index (χ1) is 6.22. The standard InChI is InChI=1S/C11H23NO/c1-4-7-12(3)8-6-11(5-2)9-13-10-11/h4-10H2,1-3H3. The van der Waals surface area contributed by atoms with Crippen LogP contribution in [0, 0.1) is 5.41 Å². The molecule has 0 spiro atoms. The summed E-state index contributed by atoms with van der Waals surface area (Å²) in [7, 11) is 2.21. The highest BCUT2D eigenvalue weighted by Crippen LogP contribution is 2.34. The largest absolute Gasteiger partial charge is 0.380 e. The predicted molar refractivity (Wildman–Crippen MR) is 55.9 cm³/mol. The first-order valence-electron chi connectivity index (χ1n) is 5.49. The van der Waals surface area contributed by atoms with Crippen LogP contribution in [0.15, 0.2) is 0 Å². The molecule has 0 saturated carbocycles. The lowest BCUT2D eigenvalue weighted by molar-refractivity contribution is -0.121. The van der Waals surface area contributed by atoms with Crippen LogP contribution in [0.1, 0.15) is 33.1 Å². The highest BCUT2D eigenvalue weighted by atomic mass is 16.5. The molecular weight excluding hydrogens is 162 g/mol. The summed E-state index contributed by atoms with van der Waals surface area (Å²) >= 11 is 0. The summed E-state index contributed by atoms with van der Waals surface area (Å²) in [4.78, 5) is 2.43. The lowest BCUT2D eigenvalue weighted by Gasteiger charge is -2.41. The molecule has 2 nitrogen and oxygen atoms in total. The van der Waals surface area contributed by atoms with Crippen molar-refractivity contribution >= 4 is 0 Å². The summed E-state index contributed by atoms with van der Waals surface area (Å²) < 4.78 is 5.30. The maximum Gasteiger partial charge on any atom is 0.0545 e. The Morgan fingerprint density at radius 3 is 2.31 bits per heavy atom. The van der Waals surface area contributed by atoms with Gasteiger partial charge in [-0.3, -0.25) is 0 Å². The molecule has 0 amide bonds. The Bertz CT molecular complexity index is 138. The molecule has 0 unspecified atom stereocenters. The van der Waals surface area contributed by atoms with Gasteiger partial charge in [0.25, 0.3) is 0 Å². The molecular formula is C11H23NO. The summed E-state index contributed by atoms with van der Waals surface area (Å²) in [5, 5.41) is 0. The fourth-order valence-electron chi connectivity index (χ4n) is 1.84. The second-order valence-corrected chi connectivity index (χ2v) is 4.40. The first kappa shape index (κ1) is 11.0. The monoisotopic (exact) mass is 185 g/mol. The maximum atomic E-state index is 5.30. The summed E-state index contributed by atoms with van der Waals surface area (Å²) in [6.45, 7) is 8.94. The van der Waals surface area contributed by atoms with Gasteiger partial charge in [-0.1, -0.05) is 13.8 Å². The molecule has 1 saturated heterocycles. The molecule has 1 aliphatic heterocycles. The zero-order chi connectivity index (χ0) is 9.73. The van der Waals surface area contributed by atoms with Gasteiger partial charge in [-0.25, -0.2) is 0 Å². The van der Waals surface area contributed by atoms with Crippen molar-refractivity contribution < 1.29 is 4.74 Å². The molecule has 0 bridgehead atoms. The van der Waals surface area contributed by atoms with Crippen molar-refractivity contribution in [2.45, 2.75) is 33.1 Å². The van der Waals surface area contributed by atoms with E-state index < -0.39 is 0 Å². The van der Waals surface area contributed by atoms with Crippen molar-refractivity contribution in [2.24, 2.45) is 5.41 Å². The van der Waals surface area contributed by atoms with E-state index >= 15 is 0 Å². The Labute approximate surface area is 82.3 Å². The molecule has 2 heteroatoms. The van der Waals surface area contributed by atoms with Crippen LogP contribution in [-0.4, -0.2) is 38.3 Å². The Balaban J connectivity index is 2.16. The molecule has 0 aromatic carbocycles. The van der Waals surface area contributed by atoms with E-state index in [-0.39, 0.29) is 0 Å². The minimum atomic E-state index is 0.530. The zero-order valence-corrected chi connectivity index (χ0v) is 9.31. The smallest absolute Gasteiger partial charge is 0.0545 e. The Kier molecular flexibility index (Phi) is 4.20.